The highest BCUT2D eigenvalue weighted by Crippen LogP contribution is 2.41. The Bertz CT molecular complexity index is 1440. The van der Waals surface area contributed by atoms with Crippen molar-refractivity contribution >= 4 is 23.6 Å². The first-order valence-corrected chi connectivity index (χ1v) is 16.3. The molecule has 2 aliphatic heterocycles. The van der Waals surface area contributed by atoms with E-state index in [-0.39, 0.29) is 55.0 Å². The van der Waals surface area contributed by atoms with E-state index in [2.05, 4.69) is 0 Å². The van der Waals surface area contributed by atoms with Gasteiger partial charge < -0.3 is 39.4 Å². The van der Waals surface area contributed by atoms with Gasteiger partial charge in [0, 0.05) is 64.8 Å². The minimum absolute atomic E-state index is 0.161. The van der Waals surface area contributed by atoms with Crippen LogP contribution in [0.5, 0.6) is 11.5 Å². The Balaban J connectivity index is 1.71. The van der Waals surface area contributed by atoms with E-state index in [0.717, 1.165) is 18.1 Å². The molecule has 2 atom stereocenters. The van der Waals surface area contributed by atoms with Crippen molar-refractivity contribution in [3.63, 3.8) is 0 Å². The fraction of sp³-hybridized carbons (Fsp3) is 0.571. The Hall–Kier alpha value is -3.90. The number of hydrogen-bond acceptors (Lipinski definition) is 8. The van der Waals surface area contributed by atoms with E-state index in [0.29, 0.717) is 31.9 Å². The van der Waals surface area contributed by atoms with E-state index in [1.54, 1.807) is 51.5 Å². The van der Waals surface area contributed by atoms with Crippen LogP contribution < -0.4 is 20.1 Å². The highest BCUT2D eigenvalue weighted by molar-refractivity contribution is 6.04. The SMILES string of the molecule is CCN(C(=O)c1cc2c(cc1F)OC(C)(C)C(=O)N2CCN)[C@H]1CN(C(=O)OC(C)(C)C)CC[C@@H]1c1cccc(OCCCOC)c1. The molecule has 2 heterocycles. The molecule has 12 heteroatoms. The van der Waals surface area contributed by atoms with Crippen LogP contribution in [-0.2, 0) is 14.3 Å². The zero-order valence-corrected chi connectivity index (χ0v) is 28.6. The first kappa shape index (κ1) is 35.9. The number of likely N-dealkylation sites (N-methyl/N-ethyl adjacent to an activating group) is 1. The van der Waals surface area contributed by atoms with Gasteiger partial charge in [0.1, 0.15) is 22.9 Å². The normalized spacial score (nSPS) is 19.1. The van der Waals surface area contributed by atoms with Crippen LogP contribution >= 0.6 is 0 Å². The maximum Gasteiger partial charge on any atom is 0.410 e. The highest BCUT2D eigenvalue weighted by atomic mass is 19.1. The van der Waals surface area contributed by atoms with E-state index >= 15 is 4.39 Å². The van der Waals surface area contributed by atoms with Gasteiger partial charge in [0.2, 0.25) is 0 Å². The number of halogens is 1. The van der Waals surface area contributed by atoms with Crippen molar-refractivity contribution in [1.29, 1.82) is 0 Å². The number of ether oxygens (including phenoxy) is 4. The van der Waals surface area contributed by atoms with Gasteiger partial charge in [0.15, 0.2) is 5.60 Å². The number of nitrogens with zero attached hydrogens (tertiary/aromatic N) is 3. The third kappa shape index (κ3) is 8.34. The molecule has 1 fully saturated rings. The fourth-order valence-electron chi connectivity index (χ4n) is 6.14. The molecule has 0 aromatic heterocycles. The largest absolute Gasteiger partial charge is 0.493 e. The fourth-order valence-corrected chi connectivity index (χ4v) is 6.14. The van der Waals surface area contributed by atoms with E-state index in [9.17, 15) is 14.4 Å². The standard InChI is InChI=1S/C35H49FN4O7/c1-8-39(31(41)26-20-28-30(21-27(26)36)46-35(5,6)32(42)40(28)16-14-37)29-22-38(33(43)47-34(2,3)4)15-13-25(29)23-11-9-12-24(19-23)45-18-10-17-44-7/h9,11-12,19-21,25,29H,8,10,13-18,22,37H2,1-7H3/t25-,29+/m1/s1. The van der Waals surface area contributed by atoms with Gasteiger partial charge in [-0.25, -0.2) is 9.18 Å². The van der Waals surface area contributed by atoms with Gasteiger partial charge in [0.25, 0.3) is 11.8 Å². The summed E-state index contributed by atoms with van der Waals surface area (Å²) in [6.45, 7) is 12.7. The molecule has 0 spiro atoms. The highest BCUT2D eigenvalue weighted by Gasteiger charge is 2.43. The monoisotopic (exact) mass is 656 g/mol. The summed E-state index contributed by atoms with van der Waals surface area (Å²) in [7, 11) is 1.64. The van der Waals surface area contributed by atoms with Crippen LogP contribution in [0.1, 0.15) is 76.2 Å². The van der Waals surface area contributed by atoms with Crippen LogP contribution in [0.25, 0.3) is 0 Å². The van der Waals surface area contributed by atoms with E-state index in [1.165, 1.54) is 11.0 Å². The quantitative estimate of drug-likeness (QED) is 0.337. The molecule has 0 bridgehead atoms. The zero-order valence-electron chi connectivity index (χ0n) is 28.6. The van der Waals surface area contributed by atoms with Crippen molar-refractivity contribution in [3.05, 3.63) is 53.3 Å². The average Bonchev–Trinajstić information content (AvgIpc) is 3.01. The van der Waals surface area contributed by atoms with Crippen LogP contribution in [0.3, 0.4) is 0 Å². The Morgan fingerprint density at radius 1 is 1.17 bits per heavy atom. The summed E-state index contributed by atoms with van der Waals surface area (Å²) in [6, 6.07) is 9.73. The van der Waals surface area contributed by atoms with E-state index in [1.807, 2.05) is 31.2 Å². The molecule has 0 aliphatic carbocycles. The number of likely N-dealkylation sites (tertiary alicyclic amines) is 1. The molecule has 11 nitrogen and oxygen atoms in total. The third-order valence-electron chi connectivity index (χ3n) is 8.33. The number of amides is 3. The minimum atomic E-state index is -1.22. The van der Waals surface area contributed by atoms with Crippen molar-refractivity contribution in [2.45, 2.75) is 77.5 Å². The second kappa shape index (κ2) is 14.9. The van der Waals surface area contributed by atoms with Crippen LogP contribution in [0.4, 0.5) is 14.9 Å². The smallest absolute Gasteiger partial charge is 0.410 e. The summed E-state index contributed by atoms with van der Waals surface area (Å²) in [5, 5.41) is 0. The molecule has 1 saturated heterocycles. The van der Waals surface area contributed by atoms with E-state index in [4.69, 9.17) is 24.7 Å². The molecule has 2 aromatic carbocycles. The van der Waals surface area contributed by atoms with Gasteiger partial charge in [-0.3, -0.25) is 9.59 Å². The van der Waals surface area contributed by atoms with Crippen molar-refractivity contribution < 1.29 is 37.7 Å². The molecule has 2 N–H and O–H groups in total. The van der Waals surface area contributed by atoms with Crippen LogP contribution in [0.2, 0.25) is 0 Å². The summed E-state index contributed by atoms with van der Waals surface area (Å²) >= 11 is 0. The summed E-state index contributed by atoms with van der Waals surface area (Å²) in [4.78, 5) is 45.4. The second-order valence-corrected chi connectivity index (χ2v) is 13.4. The van der Waals surface area contributed by atoms with Gasteiger partial charge in [-0.05, 0) is 71.7 Å². The number of methoxy groups -OCH3 is 1. The summed E-state index contributed by atoms with van der Waals surface area (Å²) < 4.78 is 38.5. The Morgan fingerprint density at radius 2 is 1.91 bits per heavy atom. The first-order chi connectivity index (χ1) is 22.2. The van der Waals surface area contributed by atoms with Crippen molar-refractivity contribution in [2.75, 3.05) is 57.9 Å². The Morgan fingerprint density at radius 3 is 2.57 bits per heavy atom. The number of benzene rings is 2. The van der Waals surface area contributed by atoms with Crippen molar-refractivity contribution in [1.82, 2.24) is 9.80 Å². The molecule has 0 unspecified atom stereocenters. The average molecular weight is 657 g/mol. The lowest BCUT2D eigenvalue weighted by Gasteiger charge is -2.44. The topological polar surface area (TPSA) is 124 Å². The number of hydrogen-bond donors (Lipinski definition) is 1. The molecular weight excluding hydrogens is 607 g/mol. The summed E-state index contributed by atoms with van der Waals surface area (Å²) in [5.74, 6) is -1.01. The molecule has 4 rings (SSSR count). The molecule has 2 aliphatic rings. The molecule has 3 amide bonds. The maximum atomic E-state index is 15.8. The molecule has 258 valence electrons. The van der Waals surface area contributed by atoms with Gasteiger partial charge in [-0.15, -0.1) is 0 Å². The van der Waals surface area contributed by atoms with Gasteiger partial charge in [0.05, 0.1) is 23.9 Å². The maximum absolute atomic E-state index is 15.8. The van der Waals surface area contributed by atoms with Crippen LogP contribution in [-0.4, -0.2) is 98.0 Å². The molecular formula is C35H49FN4O7. The molecule has 47 heavy (non-hydrogen) atoms. The van der Waals surface area contributed by atoms with E-state index < -0.39 is 35.1 Å². The lowest BCUT2D eigenvalue weighted by atomic mass is 9.84. The van der Waals surface area contributed by atoms with Crippen molar-refractivity contribution in [3.8, 4) is 11.5 Å². The molecule has 0 saturated carbocycles. The van der Waals surface area contributed by atoms with Gasteiger partial charge in [-0.2, -0.15) is 0 Å². The predicted molar refractivity (Wildman–Crippen MR) is 177 cm³/mol. The number of fused-ring (bicyclic) bond motifs is 1. The second-order valence-electron chi connectivity index (χ2n) is 13.4. The van der Waals surface area contributed by atoms with Crippen molar-refractivity contribution in [2.24, 2.45) is 5.73 Å². The Kier molecular flexibility index (Phi) is 11.4. The lowest BCUT2D eigenvalue weighted by molar-refractivity contribution is -0.132. The number of piperidine rings is 1. The molecule has 0 radical (unpaired) electrons. The number of nitrogens with two attached hydrogens (primary N) is 1. The van der Waals surface area contributed by atoms with Gasteiger partial charge >= 0.3 is 6.09 Å². The Labute approximate surface area is 277 Å². The summed E-state index contributed by atoms with van der Waals surface area (Å²) in [6.07, 6.45) is 0.795. The van der Waals surface area contributed by atoms with Crippen LogP contribution in [0, 0.1) is 5.82 Å². The van der Waals surface area contributed by atoms with Gasteiger partial charge in [-0.1, -0.05) is 12.1 Å². The first-order valence-electron chi connectivity index (χ1n) is 16.3. The third-order valence-corrected chi connectivity index (χ3v) is 8.33. The minimum Gasteiger partial charge on any atom is -0.493 e. The lowest BCUT2D eigenvalue weighted by Crippen LogP contribution is -2.56. The predicted octanol–water partition coefficient (Wildman–Crippen LogP) is 4.96. The summed E-state index contributed by atoms with van der Waals surface area (Å²) in [5.41, 5.74) is 4.92. The zero-order chi connectivity index (χ0) is 34.5. The number of rotatable bonds is 11. The molecule has 2 aromatic rings. The number of carbonyl (C=O) groups is 3. The number of anilines is 1. The number of carbonyl (C=O) groups excluding carboxylic acids is 3. The van der Waals surface area contributed by atoms with Crippen LogP contribution in [0.15, 0.2) is 36.4 Å².